The Morgan fingerprint density at radius 1 is 1.45 bits per heavy atom. The van der Waals surface area contributed by atoms with Gasteiger partial charge in [-0.2, -0.15) is 11.3 Å². The summed E-state index contributed by atoms with van der Waals surface area (Å²) < 4.78 is 1.60. The zero-order chi connectivity index (χ0) is 15.5. The lowest BCUT2D eigenvalue weighted by atomic mass is 10.2. The van der Waals surface area contributed by atoms with Crippen LogP contribution in [0, 0.1) is 0 Å². The number of aliphatic hydroxyl groups excluding tert-OH is 1. The van der Waals surface area contributed by atoms with Crippen LogP contribution >= 0.6 is 11.3 Å². The summed E-state index contributed by atoms with van der Waals surface area (Å²) in [5.74, 6) is -0.342. The number of aliphatic hydroxyl groups is 1. The van der Waals surface area contributed by atoms with E-state index < -0.39 is 0 Å². The summed E-state index contributed by atoms with van der Waals surface area (Å²) in [4.78, 5) is 28.1. The van der Waals surface area contributed by atoms with Crippen LogP contribution in [-0.4, -0.2) is 39.8 Å². The van der Waals surface area contributed by atoms with Crippen molar-refractivity contribution < 1.29 is 14.7 Å². The van der Waals surface area contributed by atoms with Crippen LogP contribution < -0.4 is 5.32 Å². The van der Waals surface area contributed by atoms with Gasteiger partial charge in [-0.3, -0.25) is 14.0 Å². The van der Waals surface area contributed by atoms with Crippen molar-refractivity contribution in [3.63, 3.8) is 0 Å². The predicted molar refractivity (Wildman–Crippen MR) is 83.3 cm³/mol. The second kappa shape index (κ2) is 6.08. The van der Waals surface area contributed by atoms with Gasteiger partial charge >= 0.3 is 0 Å². The van der Waals surface area contributed by atoms with E-state index in [0.717, 1.165) is 11.8 Å². The zero-order valence-corrected chi connectivity index (χ0v) is 12.3. The largest absolute Gasteiger partial charge is 0.395 e. The monoisotopic (exact) mass is 315 g/mol. The summed E-state index contributed by atoms with van der Waals surface area (Å²) in [5, 5.41) is 15.3. The van der Waals surface area contributed by atoms with Gasteiger partial charge in [-0.1, -0.05) is 0 Å². The highest BCUT2D eigenvalue weighted by Gasteiger charge is 2.21. The van der Waals surface area contributed by atoms with E-state index in [9.17, 15) is 9.59 Å². The zero-order valence-electron chi connectivity index (χ0n) is 11.5. The number of amides is 1. The second-order valence-corrected chi connectivity index (χ2v) is 5.36. The molecular weight excluding hydrogens is 302 g/mol. The molecule has 0 spiro atoms. The third kappa shape index (κ3) is 2.40. The minimum atomic E-state index is -0.342. The molecule has 3 aromatic heterocycles. The van der Waals surface area contributed by atoms with Gasteiger partial charge in [0, 0.05) is 23.7 Å². The van der Waals surface area contributed by atoms with Gasteiger partial charge in [0.1, 0.15) is 17.0 Å². The molecular formula is C15H13N3O3S. The molecule has 7 heteroatoms. The Morgan fingerprint density at radius 3 is 3.00 bits per heavy atom. The molecule has 0 unspecified atom stereocenters. The van der Waals surface area contributed by atoms with E-state index in [-0.39, 0.29) is 19.1 Å². The van der Waals surface area contributed by atoms with E-state index in [1.807, 2.05) is 16.8 Å². The number of imidazole rings is 1. The molecule has 0 aliphatic carbocycles. The van der Waals surface area contributed by atoms with Gasteiger partial charge in [-0.05, 0) is 23.6 Å². The van der Waals surface area contributed by atoms with Gasteiger partial charge in [-0.15, -0.1) is 0 Å². The highest BCUT2D eigenvalue weighted by Crippen LogP contribution is 2.27. The normalized spacial score (nSPS) is 10.8. The topological polar surface area (TPSA) is 83.7 Å². The number of carbonyl (C=O) groups excluding carboxylic acids is 2. The lowest BCUT2D eigenvalue weighted by molar-refractivity contribution is 0.0939. The maximum absolute atomic E-state index is 12.4. The highest BCUT2D eigenvalue weighted by atomic mass is 32.1. The van der Waals surface area contributed by atoms with Crippen molar-refractivity contribution in [3.8, 4) is 11.3 Å². The second-order valence-electron chi connectivity index (χ2n) is 4.58. The number of rotatable bonds is 5. The average molecular weight is 315 g/mol. The molecule has 2 N–H and O–H groups in total. The molecule has 0 saturated heterocycles. The smallest absolute Gasteiger partial charge is 0.270 e. The standard InChI is InChI=1S/C15H13N3O3S/c19-6-4-16-15(21)13-12(11-3-7-22-9-11)17-14-10(8-20)2-1-5-18(13)14/h1-3,5,7-9,19H,4,6H2,(H,16,21). The molecule has 112 valence electrons. The van der Waals surface area contributed by atoms with Crippen LogP contribution in [0.15, 0.2) is 35.2 Å². The highest BCUT2D eigenvalue weighted by molar-refractivity contribution is 7.08. The Hall–Kier alpha value is -2.51. The molecule has 3 rings (SSSR count). The van der Waals surface area contributed by atoms with E-state index in [0.29, 0.717) is 22.6 Å². The minimum Gasteiger partial charge on any atom is -0.395 e. The Labute approximate surface area is 130 Å². The van der Waals surface area contributed by atoms with Gasteiger partial charge in [0.25, 0.3) is 5.91 Å². The SMILES string of the molecule is O=Cc1cccn2c(C(=O)NCCO)c(-c3ccsc3)nc12. The van der Waals surface area contributed by atoms with Crippen LogP contribution in [0.4, 0.5) is 0 Å². The molecule has 1 amide bonds. The molecule has 22 heavy (non-hydrogen) atoms. The fraction of sp³-hybridized carbons (Fsp3) is 0.133. The van der Waals surface area contributed by atoms with Crippen LogP contribution in [0.2, 0.25) is 0 Å². The average Bonchev–Trinajstić information content (AvgIpc) is 3.18. The first-order valence-electron chi connectivity index (χ1n) is 6.64. The fourth-order valence-corrected chi connectivity index (χ4v) is 2.89. The van der Waals surface area contributed by atoms with Crippen molar-refractivity contribution in [1.29, 1.82) is 0 Å². The number of hydrogen-bond acceptors (Lipinski definition) is 5. The van der Waals surface area contributed by atoms with E-state index in [1.54, 1.807) is 22.7 Å². The van der Waals surface area contributed by atoms with E-state index >= 15 is 0 Å². The molecule has 6 nitrogen and oxygen atoms in total. The summed E-state index contributed by atoms with van der Waals surface area (Å²) >= 11 is 1.50. The quantitative estimate of drug-likeness (QED) is 0.701. The van der Waals surface area contributed by atoms with Crippen LogP contribution in [0.5, 0.6) is 0 Å². The van der Waals surface area contributed by atoms with Crippen molar-refractivity contribution in [2.45, 2.75) is 0 Å². The Morgan fingerprint density at radius 2 is 2.32 bits per heavy atom. The first-order valence-corrected chi connectivity index (χ1v) is 7.58. The Bertz CT molecular complexity index is 824. The van der Waals surface area contributed by atoms with Crippen molar-refractivity contribution >= 4 is 29.2 Å². The number of pyridine rings is 1. The first-order chi connectivity index (χ1) is 10.8. The van der Waals surface area contributed by atoms with Crippen molar-refractivity contribution in [3.05, 3.63) is 46.4 Å². The number of aromatic nitrogens is 2. The number of hydrogen-bond donors (Lipinski definition) is 2. The van der Waals surface area contributed by atoms with Gasteiger partial charge in [0.15, 0.2) is 6.29 Å². The lowest BCUT2D eigenvalue weighted by Gasteiger charge is -2.05. The van der Waals surface area contributed by atoms with Crippen LogP contribution in [-0.2, 0) is 0 Å². The van der Waals surface area contributed by atoms with Crippen molar-refractivity contribution in [1.82, 2.24) is 14.7 Å². The molecule has 0 atom stereocenters. The number of nitrogens with zero attached hydrogens (tertiary/aromatic N) is 2. The van der Waals surface area contributed by atoms with Gasteiger partial charge in [0.05, 0.1) is 12.2 Å². The molecule has 0 aliphatic heterocycles. The van der Waals surface area contributed by atoms with Gasteiger partial charge in [-0.25, -0.2) is 4.98 Å². The summed E-state index contributed by atoms with van der Waals surface area (Å²) in [6.45, 7) is 0.0123. The third-order valence-electron chi connectivity index (χ3n) is 3.21. The molecule has 3 heterocycles. The summed E-state index contributed by atoms with van der Waals surface area (Å²) in [6, 6.07) is 5.22. The number of thiophene rings is 1. The summed E-state index contributed by atoms with van der Waals surface area (Å²) in [5.41, 5.74) is 2.55. The minimum absolute atomic E-state index is 0.143. The molecule has 0 aliphatic rings. The van der Waals surface area contributed by atoms with E-state index in [1.165, 1.54) is 11.3 Å². The number of carbonyl (C=O) groups is 2. The van der Waals surface area contributed by atoms with E-state index in [2.05, 4.69) is 10.3 Å². The third-order valence-corrected chi connectivity index (χ3v) is 3.90. The molecule has 0 radical (unpaired) electrons. The molecule has 0 saturated carbocycles. The van der Waals surface area contributed by atoms with Gasteiger partial charge in [0.2, 0.25) is 0 Å². The maximum Gasteiger partial charge on any atom is 0.270 e. The first kappa shape index (κ1) is 14.4. The molecule has 0 fully saturated rings. The van der Waals surface area contributed by atoms with Crippen LogP contribution in [0.3, 0.4) is 0 Å². The Balaban J connectivity index is 2.24. The summed E-state index contributed by atoms with van der Waals surface area (Å²) in [7, 11) is 0. The van der Waals surface area contributed by atoms with Crippen LogP contribution in [0.25, 0.3) is 16.9 Å². The Kier molecular flexibility index (Phi) is 3.99. The van der Waals surface area contributed by atoms with E-state index in [4.69, 9.17) is 5.11 Å². The molecule has 0 aromatic carbocycles. The molecule has 0 bridgehead atoms. The predicted octanol–water partition coefficient (Wildman–Crippen LogP) is 1.60. The number of aldehydes is 1. The fourth-order valence-electron chi connectivity index (χ4n) is 2.25. The van der Waals surface area contributed by atoms with Crippen molar-refractivity contribution in [2.75, 3.05) is 13.2 Å². The molecule has 3 aromatic rings. The van der Waals surface area contributed by atoms with Crippen LogP contribution in [0.1, 0.15) is 20.8 Å². The van der Waals surface area contributed by atoms with Crippen molar-refractivity contribution in [2.24, 2.45) is 0 Å². The number of nitrogens with one attached hydrogen (secondary N) is 1. The number of fused-ring (bicyclic) bond motifs is 1. The maximum atomic E-state index is 12.4. The van der Waals surface area contributed by atoms with Gasteiger partial charge < -0.3 is 10.4 Å². The lowest BCUT2D eigenvalue weighted by Crippen LogP contribution is -2.28. The summed E-state index contributed by atoms with van der Waals surface area (Å²) in [6.07, 6.45) is 2.41.